The molecule has 2 aromatic rings. The summed E-state index contributed by atoms with van der Waals surface area (Å²) in [6, 6.07) is 11.1. The molecule has 0 saturated carbocycles. The molecule has 0 saturated heterocycles. The van der Waals surface area contributed by atoms with Crippen molar-refractivity contribution in [1.82, 2.24) is 0 Å². The van der Waals surface area contributed by atoms with Crippen molar-refractivity contribution in [3.05, 3.63) is 64.4 Å². The van der Waals surface area contributed by atoms with Crippen LogP contribution in [0, 0.1) is 5.82 Å². The first kappa shape index (κ1) is 15.3. The van der Waals surface area contributed by atoms with E-state index in [9.17, 15) is 9.18 Å². The molecule has 2 aromatic carbocycles. The summed E-state index contributed by atoms with van der Waals surface area (Å²) in [5.74, 6) is 0.100. The lowest BCUT2D eigenvalue weighted by Gasteiger charge is -2.04. The summed E-state index contributed by atoms with van der Waals surface area (Å²) in [7, 11) is 1.59. The van der Waals surface area contributed by atoms with Crippen molar-refractivity contribution in [2.75, 3.05) is 12.4 Å². The Bertz CT molecular complexity index is 668. The predicted octanol–water partition coefficient (Wildman–Crippen LogP) is 4.25. The topological polar surface area (TPSA) is 38.3 Å². The largest absolute Gasteiger partial charge is 0.496 e. The van der Waals surface area contributed by atoms with Crippen LogP contribution in [-0.4, -0.2) is 13.0 Å². The average Bonchev–Trinajstić information content (AvgIpc) is 2.48. The van der Waals surface area contributed by atoms with E-state index in [0.717, 1.165) is 15.8 Å². The van der Waals surface area contributed by atoms with Crippen LogP contribution < -0.4 is 10.1 Å². The third-order valence-electron chi connectivity index (χ3n) is 2.71. The zero-order chi connectivity index (χ0) is 15.2. The molecule has 0 aliphatic rings. The Morgan fingerprint density at radius 1 is 1.24 bits per heavy atom. The van der Waals surface area contributed by atoms with Gasteiger partial charge < -0.3 is 10.1 Å². The molecular weight excluding hydrogens is 337 g/mol. The molecule has 5 heteroatoms. The number of anilines is 1. The first-order valence-corrected chi connectivity index (χ1v) is 6.96. The van der Waals surface area contributed by atoms with Gasteiger partial charge in [0.2, 0.25) is 5.91 Å². The summed E-state index contributed by atoms with van der Waals surface area (Å²) in [5, 5.41) is 2.65. The quantitative estimate of drug-likeness (QED) is 0.838. The van der Waals surface area contributed by atoms with Crippen molar-refractivity contribution in [2.45, 2.75) is 0 Å². The van der Waals surface area contributed by atoms with Crippen molar-refractivity contribution in [2.24, 2.45) is 0 Å². The van der Waals surface area contributed by atoms with Crippen molar-refractivity contribution in [3.63, 3.8) is 0 Å². The molecule has 2 rings (SSSR count). The molecule has 0 spiro atoms. The molecule has 0 aliphatic heterocycles. The number of methoxy groups -OCH3 is 1. The summed E-state index contributed by atoms with van der Waals surface area (Å²) in [4.78, 5) is 11.8. The van der Waals surface area contributed by atoms with Gasteiger partial charge in [0.1, 0.15) is 11.6 Å². The summed E-state index contributed by atoms with van der Waals surface area (Å²) in [5.41, 5.74) is 1.40. The summed E-state index contributed by atoms with van der Waals surface area (Å²) < 4.78 is 18.7. The lowest BCUT2D eigenvalue weighted by atomic mass is 10.2. The fourth-order valence-corrected chi connectivity index (χ4v) is 2.23. The number of halogens is 2. The zero-order valence-corrected chi connectivity index (χ0v) is 12.9. The lowest BCUT2D eigenvalue weighted by molar-refractivity contribution is -0.111. The standard InChI is InChI=1S/C16H13BrFNO2/c1-21-15-8-2-11(10-14(15)17)3-9-16(20)19-13-6-4-12(18)5-7-13/h2-10H,1H3,(H,19,20). The van der Waals surface area contributed by atoms with Crippen LogP contribution in [-0.2, 0) is 4.79 Å². The number of nitrogens with one attached hydrogen (secondary N) is 1. The Kier molecular flexibility index (Phi) is 5.11. The van der Waals surface area contributed by atoms with Gasteiger partial charge in [0.25, 0.3) is 0 Å². The molecule has 0 radical (unpaired) electrons. The molecule has 0 fully saturated rings. The normalized spacial score (nSPS) is 10.6. The van der Waals surface area contributed by atoms with Crippen LogP contribution in [0.1, 0.15) is 5.56 Å². The molecule has 108 valence electrons. The highest BCUT2D eigenvalue weighted by Gasteiger charge is 2.01. The van der Waals surface area contributed by atoms with Crippen LogP contribution in [0.4, 0.5) is 10.1 Å². The number of hydrogen-bond acceptors (Lipinski definition) is 2. The highest BCUT2D eigenvalue weighted by atomic mass is 79.9. The molecule has 0 aromatic heterocycles. The Morgan fingerprint density at radius 2 is 1.95 bits per heavy atom. The molecule has 1 amide bonds. The molecule has 0 aliphatic carbocycles. The molecule has 0 bridgehead atoms. The number of hydrogen-bond donors (Lipinski definition) is 1. The molecular formula is C16H13BrFNO2. The van der Waals surface area contributed by atoms with Gasteiger partial charge in [-0.2, -0.15) is 0 Å². The first-order chi connectivity index (χ1) is 10.1. The van der Waals surface area contributed by atoms with E-state index in [1.54, 1.807) is 13.2 Å². The summed E-state index contributed by atoms with van der Waals surface area (Å²) in [6.45, 7) is 0. The van der Waals surface area contributed by atoms with Gasteiger partial charge in [-0.15, -0.1) is 0 Å². The van der Waals surface area contributed by atoms with E-state index in [4.69, 9.17) is 4.74 Å². The highest BCUT2D eigenvalue weighted by Crippen LogP contribution is 2.25. The zero-order valence-electron chi connectivity index (χ0n) is 11.3. The monoisotopic (exact) mass is 349 g/mol. The van der Waals surface area contributed by atoms with Crippen LogP contribution in [0.15, 0.2) is 53.0 Å². The minimum Gasteiger partial charge on any atom is -0.496 e. The second-order valence-electron chi connectivity index (χ2n) is 4.22. The fraction of sp³-hybridized carbons (Fsp3) is 0.0625. The van der Waals surface area contributed by atoms with Gasteiger partial charge in [0, 0.05) is 11.8 Å². The fourth-order valence-electron chi connectivity index (χ4n) is 1.68. The van der Waals surface area contributed by atoms with E-state index >= 15 is 0 Å². The number of rotatable bonds is 4. The molecule has 0 unspecified atom stereocenters. The van der Waals surface area contributed by atoms with Crippen molar-refractivity contribution in [3.8, 4) is 5.75 Å². The van der Waals surface area contributed by atoms with Gasteiger partial charge in [-0.25, -0.2) is 4.39 Å². The number of benzene rings is 2. The number of carbonyl (C=O) groups excluding carboxylic acids is 1. The second-order valence-corrected chi connectivity index (χ2v) is 5.08. The molecule has 0 heterocycles. The molecule has 0 atom stereocenters. The minimum absolute atomic E-state index is 0.284. The average molecular weight is 350 g/mol. The maximum atomic E-state index is 12.8. The van der Waals surface area contributed by atoms with E-state index in [1.807, 2.05) is 18.2 Å². The maximum Gasteiger partial charge on any atom is 0.248 e. The van der Waals surface area contributed by atoms with E-state index in [2.05, 4.69) is 21.2 Å². The van der Waals surface area contributed by atoms with Crippen LogP contribution in [0.5, 0.6) is 5.75 Å². The Balaban J connectivity index is 2.01. The van der Waals surface area contributed by atoms with E-state index in [0.29, 0.717) is 5.69 Å². The Labute approximate surface area is 130 Å². The van der Waals surface area contributed by atoms with Gasteiger partial charge in [-0.05, 0) is 64.0 Å². The molecule has 3 nitrogen and oxygen atoms in total. The Hall–Kier alpha value is -2.14. The van der Waals surface area contributed by atoms with Crippen LogP contribution in [0.2, 0.25) is 0 Å². The third-order valence-corrected chi connectivity index (χ3v) is 3.33. The van der Waals surface area contributed by atoms with Crippen molar-refractivity contribution in [1.29, 1.82) is 0 Å². The van der Waals surface area contributed by atoms with Gasteiger partial charge in [-0.1, -0.05) is 6.07 Å². The van der Waals surface area contributed by atoms with Gasteiger partial charge in [0.05, 0.1) is 11.6 Å². The van der Waals surface area contributed by atoms with E-state index < -0.39 is 0 Å². The summed E-state index contributed by atoms with van der Waals surface area (Å²) in [6.07, 6.45) is 3.10. The second kappa shape index (κ2) is 7.04. The Morgan fingerprint density at radius 3 is 2.57 bits per heavy atom. The summed E-state index contributed by atoms with van der Waals surface area (Å²) >= 11 is 3.38. The van der Waals surface area contributed by atoms with Gasteiger partial charge >= 0.3 is 0 Å². The first-order valence-electron chi connectivity index (χ1n) is 6.16. The van der Waals surface area contributed by atoms with Crippen LogP contribution in [0.3, 0.4) is 0 Å². The third kappa shape index (κ3) is 4.43. The number of carbonyl (C=O) groups is 1. The van der Waals surface area contributed by atoms with Crippen molar-refractivity contribution < 1.29 is 13.9 Å². The molecule has 1 N–H and O–H groups in total. The highest BCUT2D eigenvalue weighted by molar-refractivity contribution is 9.10. The number of ether oxygens (including phenoxy) is 1. The van der Waals surface area contributed by atoms with E-state index in [-0.39, 0.29) is 11.7 Å². The lowest BCUT2D eigenvalue weighted by Crippen LogP contribution is -2.07. The number of amides is 1. The maximum absolute atomic E-state index is 12.8. The van der Waals surface area contributed by atoms with Gasteiger partial charge in [-0.3, -0.25) is 4.79 Å². The van der Waals surface area contributed by atoms with E-state index in [1.165, 1.54) is 30.3 Å². The van der Waals surface area contributed by atoms with Crippen LogP contribution >= 0.6 is 15.9 Å². The molecule has 21 heavy (non-hydrogen) atoms. The smallest absolute Gasteiger partial charge is 0.248 e. The van der Waals surface area contributed by atoms with Crippen LogP contribution in [0.25, 0.3) is 6.08 Å². The SMILES string of the molecule is COc1ccc(C=CC(=O)Nc2ccc(F)cc2)cc1Br. The minimum atomic E-state index is -0.341. The van der Waals surface area contributed by atoms with Gasteiger partial charge in [0.15, 0.2) is 0 Å². The predicted molar refractivity (Wildman–Crippen MR) is 84.8 cm³/mol. The van der Waals surface area contributed by atoms with Crippen molar-refractivity contribution >= 4 is 33.6 Å².